The molecule has 5 rings (SSSR count). The van der Waals surface area contributed by atoms with E-state index in [0.29, 0.717) is 16.1 Å². The molecule has 0 spiro atoms. The number of rotatable bonds is 9. The molecule has 3 N–H and O–H groups in total. The van der Waals surface area contributed by atoms with Crippen molar-refractivity contribution >= 4 is 57.7 Å². The van der Waals surface area contributed by atoms with Crippen molar-refractivity contribution in [2.75, 3.05) is 10.6 Å². The highest BCUT2D eigenvalue weighted by molar-refractivity contribution is 8.00. The first-order valence-electron chi connectivity index (χ1n) is 14.2. The molecular formula is C36H28F3N3O3S. The summed E-state index contributed by atoms with van der Waals surface area (Å²) in [6.45, 7) is 1.59. The van der Waals surface area contributed by atoms with E-state index in [-0.39, 0.29) is 11.4 Å². The molecule has 0 aromatic heterocycles. The molecule has 46 heavy (non-hydrogen) atoms. The van der Waals surface area contributed by atoms with Crippen LogP contribution in [0, 0.1) is 0 Å². The maximum Gasteiger partial charge on any atom is 0.418 e. The monoisotopic (exact) mass is 639 g/mol. The molecule has 0 aliphatic rings. The summed E-state index contributed by atoms with van der Waals surface area (Å²) in [5.41, 5.74) is 0.372. The summed E-state index contributed by atoms with van der Waals surface area (Å²) >= 11 is 1.15. The van der Waals surface area contributed by atoms with Crippen LogP contribution in [-0.4, -0.2) is 23.0 Å². The first-order chi connectivity index (χ1) is 22.1. The minimum Gasteiger partial charge on any atom is -0.325 e. The van der Waals surface area contributed by atoms with Crippen LogP contribution in [0.1, 0.15) is 28.4 Å². The highest BCUT2D eigenvalue weighted by Crippen LogP contribution is 2.35. The lowest BCUT2D eigenvalue weighted by Gasteiger charge is -2.16. The molecule has 0 saturated heterocycles. The van der Waals surface area contributed by atoms with Crippen molar-refractivity contribution in [2.45, 2.75) is 23.2 Å². The molecular weight excluding hydrogens is 611 g/mol. The largest absolute Gasteiger partial charge is 0.418 e. The van der Waals surface area contributed by atoms with Crippen molar-refractivity contribution in [2.24, 2.45) is 0 Å². The van der Waals surface area contributed by atoms with Gasteiger partial charge in [-0.3, -0.25) is 14.4 Å². The normalized spacial score (nSPS) is 12.3. The minimum atomic E-state index is -4.60. The van der Waals surface area contributed by atoms with Gasteiger partial charge in [-0.1, -0.05) is 72.8 Å². The van der Waals surface area contributed by atoms with Crippen molar-refractivity contribution in [1.82, 2.24) is 5.32 Å². The molecule has 0 radical (unpaired) electrons. The quantitative estimate of drug-likeness (QED) is 0.112. The van der Waals surface area contributed by atoms with Crippen LogP contribution in [0.5, 0.6) is 0 Å². The van der Waals surface area contributed by atoms with Crippen LogP contribution in [0.3, 0.4) is 0 Å². The predicted octanol–water partition coefficient (Wildman–Crippen LogP) is 8.39. The van der Waals surface area contributed by atoms with Gasteiger partial charge in [0.2, 0.25) is 5.91 Å². The Morgan fingerprint density at radius 3 is 2.13 bits per heavy atom. The van der Waals surface area contributed by atoms with Crippen molar-refractivity contribution in [3.63, 3.8) is 0 Å². The van der Waals surface area contributed by atoms with Crippen LogP contribution in [-0.2, 0) is 15.8 Å². The minimum absolute atomic E-state index is 0.0353. The molecule has 5 aromatic rings. The lowest BCUT2D eigenvalue weighted by molar-refractivity contribution is -0.137. The Hall–Kier alpha value is -5.35. The van der Waals surface area contributed by atoms with Gasteiger partial charge in [-0.2, -0.15) is 13.2 Å². The van der Waals surface area contributed by atoms with Gasteiger partial charge < -0.3 is 16.0 Å². The van der Waals surface area contributed by atoms with Crippen LogP contribution in [0.15, 0.2) is 132 Å². The van der Waals surface area contributed by atoms with Crippen molar-refractivity contribution < 1.29 is 27.6 Å². The first kappa shape index (κ1) is 32.1. The molecule has 232 valence electrons. The average Bonchev–Trinajstić information content (AvgIpc) is 3.05. The van der Waals surface area contributed by atoms with Crippen molar-refractivity contribution in [1.29, 1.82) is 0 Å². The van der Waals surface area contributed by atoms with Crippen molar-refractivity contribution in [3.05, 3.63) is 144 Å². The number of thioether (sulfide) groups is 1. The molecule has 6 nitrogen and oxygen atoms in total. The molecule has 0 aliphatic heterocycles. The number of alkyl halides is 3. The highest BCUT2D eigenvalue weighted by atomic mass is 32.2. The zero-order valence-corrected chi connectivity index (χ0v) is 25.3. The van der Waals surface area contributed by atoms with Gasteiger partial charge in [0.1, 0.15) is 5.70 Å². The smallest absolute Gasteiger partial charge is 0.325 e. The third-order valence-corrected chi connectivity index (χ3v) is 8.05. The van der Waals surface area contributed by atoms with E-state index in [1.807, 2.05) is 42.5 Å². The van der Waals surface area contributed by atoms with Gasteiger partial charge >= 0.3 is 6.18 Å². The second-order valence-electron chi connectivity index (χ2n) is 10.2. The molecule has 0 heterocycles. The molecule has 5 aromatic carbocycles. The Morgan fingerprint density at radius 1 is 0.739 bits per heavy atom. The third kappa shape index (κ3) is 8.02. The second kappa shape index (κ2) is 14.2. The van der Waals surface area contributed by atoms with Crippen LogP contribution in [0.25, 0.3) is 16.8 Å². The molecule has 1 unspecified atom stereocenters. The fourth-order valence-electron chi connectivity index (χ4n) is 4.62. The van der Waals surface area contributed by atoms with Gasteiger partial charge in [0.25, 0.3) is 11.8 Å². The maximum atomic E-state index is 13.5. The summed E-state index contributed by atoms with van der Waals surface area (Å²) in [6, 6.07) is 33.4. The van der Waals surface area contributed by atoms with Gasteiger partial charge in [0.05, 0.1) is 16.5 Å². The fourth-order valence-corrected chi connectivity index (χ4v) is 5.49. The summed E-state index contributed by atoms with van der Waals surface area (Å²) in [7, 11) is 0. The number of para-hydroxylation sites is 1. The Morgan fingerprint density at radius 2 is 1.39 bits per heavy atom. The zero-order chi connectivity index (χ0) is 32.7. The van der Waals surface area contributed by atoms with E-state index in [2.05, 4.69) is 16.0 Å². The molecule has 0 fully saturated rings. The van der Waals surface area contributed by atoms with E-state index >= 15 is 0 Å². The third-order valence-electron chi connectivity index (χ3n) is 6.94. The molecule has 0 aliphatic carbocycles. The fraction of sp³-hybridized carbons (Fsp3) is 0.0833. The zero-order valence-electron chi connectivity index (χ0n) is 24.5. The maximum absolute atomic E-state index is 13.5. The van der Waals surface area contributed by atoms with Gasteiger partial charge in [-0.15, -0.1) is 11.8 Å². The number of anilines is 2. The van der Waals surface area contributed by atoms with Crippen LogP contribution in [0.2, 0.25) is 0 Å². The SMILES string of the molecule is CC(Sc1ccc(NC(=O)/C(=C/c2cccc3ccccc23)NC(=O)c2ccccc2)cc1)C(=O)Nc1ccccc1C(F)(F)F. The number of fused-ring (bicyclic) bond motifs is 1. The summed E-state index contributed by atoms with van der Waals surface area (Å²) in [5, 5.41) is 9.08. The van der Waals surface area contributed by atoms with E-state index < -0.39 is 34.7 Å². The lowest BCUT2D eigenvalue weighted by Crippen LogP contribution is -2.30. The Kier molecular flexibility index (Phi) is 9.88. The number of benzene rings is 5. The molecule has 1 atom stereocenters. The van der Waals surface area contributed by atoms with E-state index in [0.717, 1.165) is 34.2 Å². The van der Waals surface area contributed by atoms with E-state index in [1.165, 1.54) is 18.2 Å². The number of hydrogen-bond donors (Lipinski definition) is 3. The Balaban J connectivity index is 1.30. The molecule has 3 amide bonds. The number of carbonyl (C=O) groups excluding carboxylic acids is 3. The standard InChI is InChI=1S/C36H28F3N3O3S/c1-23(33(43)41-31-17-8-7-16-30(31)36(37,38)39)46-28-20-18-27(19-21-28)40-35(45)32(42-34(44)25-11-3-2-4-12-25)22-26-14-9-13-24-10-5-6-15-29(24)26/h2-23H,1H3,(H,40,45)(H,41,43)(H,42,44)/b32-22-. The van der Waals surface area contributed by atoms with E-state index in [9.17, 15) is 27.6 Å². The molecule has 0 saturated carbocycles. The number of halogens is 3. The van der Waals surface area contributed by atoms with Gasteiger partial charge in [-0.05, 0) is 77.9 Å². The molecule has 0 bridgehead atoms. The van der Waals surface area contributed by atoms with Gasteiger partial charge in [0, 0.05) is 16.1 Å². The number of carbonyl (C=O) groups is 3. The Bertz CT molecular complexity index is 1900. The summed E-state index contributed by atoms with van der Waals surface area (Å²) in [6.07, 6.45) is -2.98. The first-order valence-corrected chi connectivity index (χ1v) is 15.1. The van der Waals surface area contributed by atoms with Crippen molar-refractivity contribution in [3.8, 4) is 0 Å². The highest BCUT2D eigenvalue weighted by Gasteiger charge is 2.34. The number of hydrogen-bond acceptors (Lipinski definition) is 4. The van der Waals surface area contributed by atoms with E-state index in [1.54, 1.807) is 67.6 Å². The Labute approximate surface area is 267 Å². The number of amides is 3. The lowest BCUT2D eigenvalue weighted by atomic mass is 10.0. The van der Waals surface area contributed by atoms with Crippen LogP contribution >= 0.6 is 11.8 Å². The van der Waals surface area contributed by atoms with Crippen LogP contribution < -0.4 is 16.0 Å². The molecule has 10 heteroatoms. The van der Waals surface area contributed by atoms with Gasteiger partial charge in [-0.25, -0.2) is 0 Å². The van der Waals surface area contributed by atoms with E-state index in [4.69, 9.17) is 0 Å². The summed E-state index contributed by atoms with van der Waals surface area (Å²) in [5.74, 6) is -1.58. The average molecular weight is 640 g/mol. The van der Waals surface area contributed by atoms with Gasteiger partial charge in [0.15, 0.2) is 0 Å². The van der Waals surface area contributed by atoms with Crippen LogP contribution in [0.4, 0.5) is 24.5 Å². The predicted molar refractivity (Wildman–Crippen MR) is 176 cm³/mol. The topological polar surface area (TPSA) is 87.3 Å². The summed E-state index contributed by atoms with van der Waals surface area (Å²) in [4.78, 5) is 39.9. The summed E-state index contributed by atoms with van der Waals surface area (Å²) < 4.78 is 40.0. The number of nitrogens with one attached hydrogen (secondary N) is 3. The second-order valence-corrected chi connectivity index (χ2v) is 11.6.